The normalized spacial score (nSPS) is 10.9. The molecule has 0 aliphatic heterocycles. The van der Waals surface area contributed by atoms with Gasteiger partial charge in [0.1, 0.15) is 11.5 Å². The van der Waals surface area contributed by atoms with Gasteiger partial charge in [0.2, 0.25) is 5.89 Å². The van der Waals surface area contributed by atoms with Gasteiger partial charge in [-0.25, -0.2) is 9.78 Å². The molecule has 0 spiro atoms. The fourth-order valence-electron chi connectivity index (χ4n) is 3.70. The molecule has 3 rings (SSSR count). The van der Waals surface area contributed by atoms with E-state index in [1.54, 1.807) is 49.4 Å². The molecular formula is C28H29Cl2NO5. The van der Waals surface area contributed by atoms with Crippen molar-refractivity contribution in [1.82, 2.24) is 4.98 Å². The smallest absolute Gasteiger partial charge is 0.344 e. The second kappa shape index (κ2) is 12.7. The zero-order valence-electron chi connectivity index (χ0n) is 20.6. The summed E-state index contributed by atoms with van der Waals surface area (Å²) in [4.78, 5) is 29.3. The first-order valence-electron chi connectivity index (χ1n) is 11.7. The molecule has 0 amide bonds. The predicted octanol–water partition coefficient (Wildman–Crippen LogP) is 7.26. The highest BCUT2D eigenvalue weighted by Gasteiger charge is 2.20. The Labute approximate surface area is 221 Å². The molecule has 0 saturated carbocycles. The van der Waals surface area contributed by atoms with E-state index >= 15 is 0 Å². The third-order valence-electron chi connectivity index (χ3n) is 5.40. The Morgan fingerprint density at radius 3 is 2.61 bits per heavy atom. The van der Waals surface area contributed by atoms with Gasteiger partial charge in [0.15, 0.2) is 12.4 Å². The molecule has 0 N–H and O–H groups in total. The number of rotatable bonds is 12. The number of benzene rings is 2. The van der Waals surface area contributed by atoms with Crippen LogP contribution >= 0.6 is 23.2 Å². The first kappa shape index (κ1) is 27.5. The van der Waals surface area contributed by atoms with Crippen molar-refractivity contribution in [3.8, 4) is 17.2 Å². The Morgan fingerprint density at radius 1 is 1.17 bits per heavy atom. The van der Waals surface area contributed by atoms with E-state index in [9.17, 15) is 9.59 Å². The number of carbonyl (C=O) groups is 2. The molecule has 6 nitrogen and oxygen atoms in total. The highest BCUT2D eigenvalue weighted by atomic mass is 35.5. The van der Waals surface area contributed by atoms with Gasteiger partial charge in [-0.3, -0.25) is 4.79 Å². The maximum atomic E-state index is 13.1. The van der Waals surface area contributed by atoms with Crippen LogP contribution in [0.4, 0.5) is 0 Å². The number of carbonyl (C=O) groups excluding carboxylic acids is 2. The van der Waals surface area contributed by atoms with Gasteiger partial charge in [-0.05, 0) is 55.3 Å². The molecule has 0 aliphatic carbocycles. The molecule has 0 radical (unpaired) electrons. The summed E-state index contributed by atoms with van der Waals surface area (Å²) in [7, 11) is 0. The van der Waals surface area contributed by atoms with Crippen LogP contribution in [0, 0.1) is 0 Å². The van der Waals surface area contributed by atoms with Crippen LogP contribution in [0.2, 0.25) is 10.0 Å². The SMILES string of the molecule is C=CCc1cc(C(=O)CCc2nc(-c3ccc(Cl)cc3Cl)oc2C(C)C)ccc1OCC(=O)OCC. The monoisotopic (exact) mass is 529 g/mol. The van der Waals surface area contributed by atoms with E-state index in [0.717, 1.165) is 17.0 Å². The van der Waals surface area contributed by atoms with Gasteiger partial charge >= 0.3 is 5.97 Å². The summed E-state index contributed by atoms with van der Waals surface area (Å²) in [5.41, 5.74) is 2.68. The van der Waals surface area contributed by atoms with Crippen LogP contribution in [-0.4, -0.2) is 30.0 Å². The topological polar surface area (TPSA) is 78.6 Å². The third-order valence-corrected chi connectivity index (χ3v) is 5.95. The molecule has 0 fully saturated rings. The van der Waals surface area contributed by atoms with Crippen LogP contribution in [-0.2, 0) is 22.4 Å². The van der Waals surface area contributed by atoms with Crippen molar-refractivity contribution in [2.24, 2.45) is 0 Å². The van der Waals surface area contributed by atoms with E-state index in [2.05, 4.69) is 11.6 Å². The molecule has 0 unspecified atom stereocenters. The van der Waals surface area contributed by atoms with E-state index in [0.29, 0.717) is 45.7 Å². The zero-order chi connectivity index (χ0) is 26.2. The number of esters is 1. The van der Waals surface area contributed by atoms with Crippen LogP contribution in [0.1, 0.15) is 60.5 Å². The van der Waals surface area contributed by atoms with Gasteiger partial charge in [-0.15, -0.1) is 6.58 Å². The van der Waals surface area contributed by atoms with Gasteiger partial charge in [0, 0.05) is 29.3 Å². The minimum atomic E-state index is -0.449. The number of halogens is 2. The highest BCUT2D eigenvalue weighted by Crippen LogP contribution is 2.33. The van der Waals surface area contributed by atoms with Gasteiger partial charge < -0.3 is 13.9 Å². The van der Waals surface area contributed by atoms with Crippen LogP contribution in [0.25, 0.3) is 11.5 Å². The van der Waals surface area contributed by atoms with Crippen molar-refractivity contribution in [3.05, 3.63) is 81.7 Å². The molecule has 1 heterocycles. The Bertz CT molecular complexity index is 1250. The third kappa shape index (κ3) is 6.99. The largest absolute Gasteiger partial charge is 0.482 e. The van der Waals surface area contributed by atoms with Crippen molar-refractivity contribution < 1.29 is 23.5 Å². The number of allylic oxidation sites excluding steroid dienone is 1. The Balaban J connectivity index is 1.76. The van der Waals surface area contributed by atoms with Gasteiger partial charge in [-0.2, -0.15) is 0 Å². The number of hydrogen-bond donors (Lipinski definition) is 0. The summed E-state index contributed by atoms with van der Waals surface area (Å²) < 4.78 is 16.5. The number of nitrogens with zero attached hydrogens (tertiary/aromatic N) is 1. The number of oxazole rings is 1. The lowest BCUT2D eigenvalue weighted by Crippen LogP contribution is -2.15. The lowest BCUT2D eigenvalue weighted by molar-refractivity contribution is -0.145. The number of Topliss-reactive ketones (excluding diaryl/α,β-unsaturated/α-hetero) is 1. The number of hydrogen-bond acceptors (Lipinski definition) is 6. The molecule has 0 saturated heterocycles. The predicted molar refractivity (Wildman–Crippen MR) is 141 cm³/mol. The molecule has 3 aromatic rings. The lowest BCUT2D eigenvalue weighted by atomic mass is 9.99. The second-order valence-corrected chi connectivity index (χ2v) is 9.28. The molecule has 1 aromatic heterocycles. The summed E-state index contributed by atoms with van der Waals surface area (Å²) in [5.74, 6) is 1.23. The number of aromatic nitrogens is 1. The lowest BCUT2D eigenvalue weighted by Gasteiger charge is -2.12. The summed E-state index contributed by atoms with van der Waals surface area (Å²) in [5, 5.41) is 0.972. The van der Waals surface area contributed by atoms with Crippen LogP contribution < -0.4 is 4.74 Å². The zero-order valence-corrected chi connectivity index (χ0v) is 22.1. The minimum absolute atomic E-state index is 0.0407. The molecule has 8 heteroatoms. The summed E-state index contributed by atoms with van der Waals surface area (Å²) >= 11 is 12.4. The average Bonchev–Trinajstić information content (AvgIpc) is 3.26. The van der Waals surface area contributed by atoms with Crippen LogP contribution in [0.3, 0.4) is 0 Å². The van der Waals surface area contributed by atoms with Crippen molar-refractivity contribution in [3.63, 3.8) is 0 Å². The van der Waals surface area contributed by atoms with Crippen LogP contribution in [0.5, 0.6) is 5.75 Å². The van der Waals surface area contributed by atoms with Gasteiger partial charge in [0.05, 0.1) is 22.9 Å². The van der Waals surface area contributed by atoms with Crippen molar-refractivity contribution in [1.29, 1.82) is 0 Å². The summed E-state index contributed by atoms with van der Waals surface area (Å²) in [6.07, 6.45) is 2.87. The quantitative estimate of drug-likeness (QED) is 0.139. The van der Waals surface area contributed by atoms with E-state index < -0.39 is 5.97 Å². The molecule has 0 atom stereocenters. The fraction of sp³-hybridized carbons (Fsp3) is 0.321. The molecule has 0 bridgehead atoms. The van der Waals surface area contributed by atoms with E-state index in [-0.39, 0.29) is 31.3 Å². The molecule has 2 aromatic carbocycles. The molecule has 36 heavy (non-hydrogen) atoms. The maximum Gasteiger partial charge on any atom is 0.344 e. The van der Waals surface area contributed by atoms with E-state index in [1.807, 2.05) is 13.8 Å². The number of ether oxygens (including phenoxy) is 2. The van der Waals surface area contributed by atoms with Crippen molar-refractivity contribution in [2.75, 3.05) is 13.2 Å². The Kier molecular flexibility index (Phi) is 9.73. The molecule has 0 aliphatic rings. The summed E-state index contributed by atoms with van der Waals surface area (Å²) in [6, 6.07) is 10.3. The molecular weight excluding hydrogens is 501 g/mol. The molecule has 190 valence electrons. The van der Waals surface area contributed by atoms with Crippen molar-refractivity contribution >= 4 is 35.0 Å². The Hall–Kier alpha value is -3.09. The first-order chi connectivity index (χ1) is 17.2. The maximum absolute atomic E-state index is 13.1. The fourth-order valence-corrected chi connectivity index (χ4v) is 4.19. The first-order valence-corrected chi connectivity index (χ1v) is 12.5. The minimum Gasteiger partial charge on any atom is -0.482 e. The number of aryl methyl sites for hydroxylation is 1. The highest BCUT2D eigenvalue weighted by molar-refractivity contribution is 6.36. The van der Waals surface area contributed by atoms with Gasteiger partial charge in [0.25, 0.3) is 0 Å². The second-order valence-electron chi connectivity index (χ2n) is 8.44. The number of ketones is 1. The average molecular weight is 530 g/mol. The Morgan fingerprint density at radius 2 is 1.94 bits per heavy atom. The van der Waals surface area contributed by atoms with E-state index in [1.165, 1.54) is 0 Å². The van der Waals surface area contributed by atoms with Gasteiger partial charge in [-0.1, -0.05) is 43.1 Å². The van der Waals surface area contributed by atoms with Crippen molar-refractivity contribution in [2.45, 2.75) is 46.0 Å². The summed E-state index contributed by atoms with van der Waals surface area (Å²) in [6.45, 7) is 9.61. The standard InChI is InChI=1S/C28H29Cl2NO5/c1-5-7-19-14-18(8-13-25(19)35-16-26(33)34-6-2)24(32)12-11-23-27(17(3)4)36-28(31-23)21-10-9-20(29)15-22(21)30/h5,8-10,13-15,17H,1,6-7,11-12,16H2,2-4H3. The van der Waals surface area contributed by atoms with E-state index in [4.69, 9.17) is 37.1 Å². The van der Waals surface area contributed by atoms with Crippen LogP contribution in [0.15, 0.2) is 53.5 Å².